The lowest BCUT2D eigenvalue weighted by molar-refractivity contribution is 0.787. The molecule has 9 aromatic rings. The molecule has 3 aliphatic carbocycles. The van der Waals surface area contributed by atoms with E-state index in [1.165, 1.54) is 110 Å². The quantitative estimate of drug-likeness (QED) is 0.156. The number of benzene rings is 9. The van der Waals surface area contributed by atoms with Crippen LogP contribution in [0.15, 0.2) is 164 Å². The van der Waals surface area contributed by atoms with E-state index in [4.69, 9.17) is 0 Å². The van der Waals surface area contributed by atoms with Gasteiger partial charge >= 0.3 is 0 Å². The van der Waals surface area contributed by atoms with E-state index >= 15 is 0 Å². The first kappa shape index (κ1) is 27.6. The number of allylic oxidation sites excluding steroid dienone is 1. The maximum atomic E-state index is 2.54. The highest BCUT2D eigenvalue weighted by molar-refractivity contribution is 6.25. The monoisotopic (exact) mass is 644 g/mol. The van der Waals surface area contributed by atoms with Crippen LogP contribution in [0.4, 0.5) is 0 Å². The Morgan fingerprint density at radius 2 is 1.00 bits per heavy atom. The van der Waals surface area contributed by atoms with E-state index in [1.54, 1.807) is 0 Å². The summed E-state index contributed by atoms with van der Waals surface area (Å²) in [7, 11) is 0. The van der Waals surface area contributed by atoms with Gasteiger partial charge in [-0.15, -0.1) is 0 Å². The first-order valence-corrected chi connectivity index (χ1v) is 18.2. The first-order chi connectivity index (χ1) is 25.3. The second-order valence-electron chi connectivity index (χ2n) is 14.7. The van der Waals surface area contributed by atoms with Crippen LogP contribution in [0, 0.1) is 0 Å². The van der Waals surface area contributed by atoms with Crippen molar-refractivity contribution < 1.29 is 0 Å². The summed E-state index contributed by atoms with van der Waals surface area (Å²) in [6.07, 6.45) is 6.99. The molecule has 0 aromatic heterocycles. The fourth-order valence-electron chi connectivity index (χ4n) is 10.2. The molecular formula is C51H32. The van der Waals surface area contributed by atoms with Crippen LogP contribution < -0.4 is 0 Å². The van der Waals surface area contributed by atoms with Crippen LogP contribution in [0.25, 0.3) is 82.5 Å². The molecule has 3 aliphatic rings. The standard InChI is InChI=1S/C51H32/c1-2-12-36-31(11-1)23-26-44-46-29-34-22-21-32(33-24-25-41-39-15-4-3-13-37(39)38-14-5-6-16-40(38)45(41)28-33)27-35(34)30-49(46)51(50(36)44)47-19-9-7-17-42(47)43-18-8-10-20-48(43)51/h2-10,12-30H,1,11H2. The van der Waals surface area contributed by atoms with Crippen LogP contribution in [0.3, 0.4) is 0 Å². The van der Waals surface area contributed by atoms with Gasteiger partial charge in [0.1, 0.15) is 0 Å². The predicted octanol–water partition coefficient (Wildman–Crippen LogP) is 13.3. The van der Waals surface area contributed by atoms with E-state index in [0.29, 0.717) is 0 Å². The van der Waals surface area contributed by atoms with Crippen LogP contribution in [0.5, 0.6) is 0 Å². The lowest BCUT2D eigenvalue weighted by Crippen LogP contribution is -2.27. The molecule has 0 heterocycles. The highest BCUT2D eigenvalue weighted by Gasteiger charge is 2.52. The molecular weight excluding hydrogens is 613 g/mol. The Kier molecular flexibility index (Phi) is 5.37. The minimum atomic E-state index is -0.363. The smallest absolute Gasteiger partial charge is 0.0731 e. The number of hydrogen-bond donors (Lipinski definition) is 0. The van der Waals surface area contributed by atoms with Crippen molar-refractivity contribution >= 4 is 49.2 Å². The summed E-state index contributed by atoms with van der Waals surface area (Å²) >= 11 is 0. The fourth-order valence-corrected chi connectivity index (χ4v) is 10.2. The van der Waals surface area contributed by atoms with Crippen LogP contribution in [0.1, 0.15) is 39.8 Å². The summed E-state index contributed by atoms with van der Waals surface area (Å²) in [4.78, 5) is 0. The van der Waals surface area contributed by atoms with Crippen molar-refractivity contribution in [3.63, 3.8) is 0 Å². The van der Waals surface area contributed by atoms with Gasteiger partial charge < -0.3 is 0 Å². The largest absolute Gasteiger partial charge is 0.0836 e. The molecule has 0 bridgehead atoms. The van der Waals surface area contributed by atoms with Crippen LogP contribution in [-0.2, 0) is 11.8 Å². The average molecular weight is 645 g/mol. The van der Waals surface area contributed by atoms with Gasteiger partial charge in [-0.25, -0.2) is 0 Å². The Bertz CT molecular complexity index is 2950. The molecule has 0 unspecified atom stereocenters. The third kappa shape index (κ3) is 3.50. The highest BCUT2D eigenvalue weighted by atomic mass is 14.5. The van der Waals surface area contributed by atoms with E-state index in [0.717, 1.165) is 12.8 Å². The van der Waals surface area contributed by atoms with Gasteiger partial charge in [0.25, 0.3) is 0 Å². The van der Waals surface area contributed by atoms with Crippen LogP contribution >= 0.6 is 0 Å². The SMILES string of the molecule is C1=Cc2c(ccc3c2C2(c4ccccc4-c4ccccc42)c2cc4cc(-c5ccc6c7ccccc7c7ccccc7c6c5)ccc4cc2-3)CC1. The second kappa shape index (κ2) is 9.93. The molecule has 0 saturated carbocycles. The van der Waals surface area contributed by atoms with Crippen LogP contribution in [0.2, 0.25) is 0 Å². The van der Waals surface area contributed by atoms with Gasteiger partial charge in [0.2, 0.25) is 0 Å². The van der Waals surface area contributed by atoms with Gasteiger partial charge in [-0.1, -0.05) is 146 Å². The average Bonchev–Trinajstić information content (AvgIpc) is 3.66. The number of hydrogen-bond acceptors (Lipinski definition) is 0. The fraction of sp³-hybridized carbons (Fsp3) is 0.0588. The molecule has 0 aliphatic heterocycles. The lowest BCUT2D eigenvalue weighted by Gasteiger charge is -2.33. The van der Waals surface area contributed by atoms with E-state index in [9.17, 15) is 0 Å². The lowest BCUT2D eigenvalue weighted by atomic mass is 9.68. The molecule has 0 amide bonds. The zero-order valence-electron chi connectivity index (χ0n) is 28.1. The molecule has 1 spiro atoms. The van der Waals surface area contributed by atoms with E-state index < -0.39 is 0 Å². The number of rotatable bonds is 1. The molecule has 0 nitrogen and oxygen atoms in total. The number of fused-ring (bicyclic) bond motifs is 19. The Morgan fingerprint density at radius 3 is 1.73 bits per heavy atom. The van der Waals surface area contributed by atoms with E-state index in [-0.39, 0.29) is 5.41 Å². The molecule has 0 saturated heterocycles. The predicted molar refractivity (Wildman–Crippen MR) is 216 cm³/mol. The van der Waals surface area contributed by atoms with Gasteiger partial charge in [-0.05, 0) is 147 Å². The van der Waals surface area contributed by atoms with Crippen molar-refractivity contribution in [2.24, 2.45) is 0 Å². The molecule has 0 fully saturated rings. The van der Waals surface area contributed by atoms with E-state index in [1.807, 2.05) is 0 Å². The Hall–Kier alpha value is -6.24. The third-order valence-corrected chi connectivity index (χ3v) is 12.3. The Labute approximate surface area is 297 Å². The minimum Gasteiger partial charge on any atom is -0.0836 e. The van der Waals surface area contributed by atoms with Gasteiger partial charge in [0.15, 0.2) is 0 Å². The zero-order chi connectivity index (χ0) is 33.3. The number of aryl methyl sites for hydroxylation is 1. The maximum absolute atomic E-state index is 2.54. The highest BCUT2D eigenvalue weighted by Crippen LogP contribution is 2.64. The van der Waals surface area contributed by atoms with Crippen molar-refractivity contribution in [2.45, 2.75) is 18.3 Å². The van der Waals surface area contributed by atoms with Gasteiger partial charge in [-0.2, -0.15) is 0 Å². The van der Waals surface area contributed by atoms with E-state index in [2.05, 4.69) is 170 Å². The van der Waals surface area contributed by atoms with Crippen molar-refractivity contribution in [3.05, 3.63) is 197 Å². The normalized spacial score (nSPS) is 14.6. The van der Waals surface area contributed by atoms with Gasteiger partial charge in [0, 0.05) is 0 Å². The Morgan fingerprint density at radius 1 is 0.392 bits per heavy atom. The molecule has 12 rings (SSSR count). The van der Waals surface area contributed by atoms with Crippen molar-refractivity contribution in [1.82, 2.24) is 0 Å². The summed E-state index contributed by atoms with van der Waals surface area (Å²) in [5, 5.41) is 10.4. The summed E-state index contributed by atoms with van der Waals surface area (Å²) in [5.41, 5.74) is 16.2. The zero-order valence-corrected chi connectivity index (χ0v) is 28.1. The summed E-state index contributed by atoms with van der Waals surface area (Å²) < 4.78 is 0. The topological polar surface area (TPSA) is 0 Å². The van der Waals surface area contributed by atoms with Crippen molar-refractivity contribution in [1.29, 1.82) is 0 Å². The van der Waals surface area contributed by atoms with Crippen molar-refractivity contribution in [3.8, 4) is 33.4 Å². The van der Waals surface area contributed by atoms with Crippen molar-refractivity contribution in [2.75, 3.05) is 0 Å². The van der Waals surface area contributed by atoms with Crippen LogP contribution in [-0.4, -0.2) is 0 Å². The Balaban J connectivity index is 1.13. The molecule has 0 atom stereocenters. The molecule has 51 heavy (non-hydrogen) atoms. The van der Waals surface area contributed by atoms with Gasteiger partial charge in [0.05, 0.1) is 5.41 Å². The first-order valence-electron chi connectivity index (χ1n) is 18.2. The third-order valence-electron chi connectivity index (χ3n) is 12.3. The minimum absolute atomic E-state index is 0.363. The second-order valence-corrected chi connectivity index (χ2v) is 14.7. The molecule has 9 aromatic carbocycles. The molecule has 236 valence electrons. The van der Waals surface area contributed by atoms with Gasteiger partial charge in [-0.3, -0.25) is 0 Å². The maximum Gasteiger partial charge on any atom is 0.0731 e. The summed E-state index contributed by atoms with van der Waals surface area (Å²) in [6, 6.07) is 60.0. The molecule has 0 heteroatoms. The molecule has 0 N–H and O–H groups in total. The molecule has 0 radical (unpaired) electrons. The summed E-state index contributed by atoms with van der Waals surface area (Å²) in [5.74, 6) is 0. The summed E-state index contributed by atoms with van der Waals surface area (Å²) in [6.45, 7) is 0.